The number of ketones is 1. The molecule has 0 radical (unpaired) electrons. The van der Waals surface area contributed by atoms with Crippen LogP contribution in [0, 0.1) is 0 Å². The SMILES string of the molecule is CC(C)(C)OC(=O)CCCC(=O)c1ccccc1N. The van der Waals surface area contributed by atoms with Gasteiger partial charge in [-0.2, -0.15) is 0 Å². The maximum atomic E-state index is 11.9. The first-order valence-corrected chi connectivity index (χ1v) is 6.39. The molecule has 0 aromatic heterocycles. The van der Waals surface area contributed by atoms with Gasteiger partial charge in [0.1, 0.15) is 5.60 Å². The Balaban J connectivity index is 2.40. The number of hydrogen-bond donors (Lipinski definition) is 1. The summed E-state index contributed by atoms with van der Waals surface area (Å²) in [4.78, 5) is 23.4. The summed E-state index contributed by atoms with van der Waals surface area (Å²) < 4.78 is 5.17. The van der Waals surface area contributed by atoms with Crippen LogP contribution >= 0.6 is 0 Å². The first kappa shape index (κ1) is 15.2. The van der Waals surface area contributed by atoms with Crippen LogP contribution in [0.15, 0.2) is 24.3 Å². The van der Waals surface area contributed by atoms with Crippen LogP contribution in [0.5, 0.6) is 0 Å². The Morgan fingerprint density at radius 3 is 2.37 bits per heavy atom. The third-order valence-corrected chi connectivity index (χ3v) is 2.47. The molecule has 0 aliphatic rings. The van der Waals surface area contributed by atoms with Crippen LogP contribution in [0.25, 0.3) is 0 Å². The normalized spacial score (nSPS) is 11.1. The first-order chi connectivity index (χ1) is 8.79. The van der Waals surface area contributed by atoms with Crippen LogP contribution in [-0.4, -0.2) is 17.4 Å². The zero-order valence-electron chi connectivity index (χ0n) is 11.7. The molecule has 19 heavy (non-hydrogen) atoms. The molecule has 0 spiro atoms. The molecule has 4 heteroatoms. The molecule has 0 aliphatic carbocycles. The fraction of sp³-hybridized carbons (Fsp3) is 0.467. The number of Topliss-reactive ketones (excluding diaryl/α,β-unsaturated/α-hetero) is 1. The fourth-order valence-corrected chi connectivity index (χ4v) is 1.67. The lowest BCUT2D eigenvalue weighted by Crippen LogP contribution is -2.23. The van der Waals surface area contributed by atoms with Crippen molar-refractivity contribution in [3.63, 3.8) is 0 Å². The molecule has 0 fully saturated rings. The lowest BCUT2D eigenvalue weighted by molar-refractivity contribution is -0.154. The Morgan fingerprint density at radius 2 is 1.79 bits per heavy atom. The third kappa shape index (κ3) is 5.55. The first-order valence-electron chi connectivity index (χ1n) is 6.39. The van der Waals surface area contributed by atoms with E-state index in [1.165, 1.54) is 0 Å². The minimum Gasteiger partial charge on any atom is -0.460 e. The summed E-state index contributed by atoms with van der Waals surface area (Å²) in [6.07, 6.45) is 1.02. The maximum Gasteiger partial charge on any atom is 0.306 e. The van der Waals surface area contributed by atoms with Crippen LogP contribution in [-0.2, 0) is 9.53 Å². The van der Waals surface area contributed by atoms with Crippen molar-refractivity contribution < 1.29 is 14.3 Å². The van der Waals surface area contributed by atoms with Crippen molar-refractivity contribution in [2.45, 2.75) is 45.6 Å². The largest absolute Gasteiger partial charge is 0.460 e. The van der Waals surface area contributed by atoms with Gasteiger partial charge in [-0.25, -0.2) is 0 Å². The van der Waals surface area contributed by atoms with Crippen LogP contribution in [0.1, 0.15) is 50.4 Å². The van der Waals surface area contributed by atoms with E-state index in [9.17, 15) is 9.59 Å². The predicted molar refractivity (Wildman–Crippen MR) is 74.9 cm³/mol. The molecule has 0 bridgehead atoms. The number of benzene rings is 1. The Morgan fingerprint density at radius 1 is 1.16 bits per heavy atom. The average molecular weight is 263 g/mol. The number of nitrogen functional groups attached to an aromatic ring is 1. The number of nitrogens with two attached hydrogens (primary N) is 1. The summed E-state index contributed by atoms with van der Waals surface area (Å²) in [5.41, 5.74) is 6.24. The van der Waals surface area contributed by atoms with E-state index in [2.05, 4.69) is 0 Å². The molecular formula is C15H21NO3. The van der Waals surface area contributed by atoms with E-state index >= 15 is 0 Å². The minimum atomic E-state index is -0.481. The molecule has 1 rings (SSSR count). The standard InChI is InChI=1S/C15H21NO3/c1-15(2,3)19-14(18)10-6-9-13(17)11-7-4-5-8-12(11)16/h4-5,7-8H,6,9-10,16H2,1-3H3. The molecule has 0 saturated heterocycles. The molecule has 0 atom stereocenters. The summed E-state index contributed by atoms with van der Waals surface area (Å²) in [5, 5.41) is 0. The van der Waals surface area contributed by atoms with Gasteiger partial charge in [-0.1, -0.05) is 12.1 Å². The number of ether oxygens (including phenoxy) is 1. The highest BCUT2D eigenvalue weighted by molar-refractivity contribution is 6.00. The van der Waals surface area contributed by atoms with E-state index in [-0.39, 0.29) is 18.2 Å². The molecule has 0 amide bonds. The van der Waals surface area contributed by atoms with Crippen molar-refractivity contribution in [2.75, 3.05) is 5.73 Å². The van der Waals surface area contributed by atoms with Gasteiger partial charge in [0, 0.05) is 24.1 Å². The fourth-order valence-electron chi connectivity index (χ4n) is 1.67. The molecule has 4 nitrogen and oxygen atoms in total. The van der Waals surface area contributed by atoms with Gasteiger partial charge in [-0.05, 0) is 39.3 Å². The number of para-hydroxylation sites is 1. The molecule has 0 heterocycles. The Bertz CT molecular complexity index is 461. The van der Waals surface area contributed by atoms with Crippen molar-refractivity contribution in [3.05, 3.63) is 29.8 Å². The Kier molecular flexibility index (Phi) is 5.10. The molecule has 0 unspecified atom stereocenters. The summed E-state index contributed by atoms with van der Waals surface area (Å²) in [6, 6.07) is 6.95. The number of esters is 1. The summed E-state index contributed by atoms with van der Waals surface area (Å²) in [6.45, 7) is 5.46. The van der Waals surface area contributed by atoms with Crippen molar-refractivity contribution in [3.8, 4) is 0 Å². The van der Waals surface area contributed by atoms with E-state index in [4.69, 9.17) is 10.5 Å². The molecule has 1 aromatic rings. The number of anilines is 1. The van der Waals surface area contributed by atoms with Gasteiger partial charge in [-0.3, -0.25) is 9.59 Å². The minimum absolute atomic E-state index is 0.0401. The summed E-state index contributed by atoms with van der Waals surface area (Å²) >= 11 is 0. The van der Waals surface area contributed by atoms with Crippen molar-refractivity contribution >= 4 is 17.4 Å². The third-order valence-electron chi connectivity index (χ3n) is 2.47. The van der Waals surface area contributed by atoms with Gasteiger partial charge in [0.2, 0.25) is 0 Å². The molecular weight excluding hydrogens is 242 g/mol. The highest BCUT2D eigenvalue weighted by atomic mass is 16.6. The maximum absolute atomic E-state index is 11.9. The van der Waals surface area contributed by atoms with Gasteiger partial charge in [0.15, 0.2) is 5.78 Å². The molecule has 2 N–H and O–H groups in total. The van der Waals surface area contributed by atoms with Gasteiger partial charge in [0.25, 0.3) is 0 Å². The summed E-state index contributed by atoms with van der Waals surface area (Å²) in [7, 11) is 0. The van der Waals surface area contributed by atoms with Crippen molar-refractivity contribution in [1.82, 2.24) is 0 Å². The number of hydrogen-bond acceptors (Lipinski definition) is 4. The van der Waals surface area contributed by atoms with E-state index in [1.807, 2.05) is 20.8 Å². The van der Waals surface area contributed by atoms with Crippen LogP contribution < -0.4 is 5.73 Å². The van der Waals surface area contributed by atoms with E-state index < -0.39 is 5.60 Å². The lowest BCUT2D eigenvalue weighted by Gasteiger charge is -2.19. The molecule has 0 aliphatic heterocycles. The van der Waals surface area contributed by atoms with Crippen molar-refractivity contribution in [1.29, 1.82) is 0 Å². The van der Waals surface area contributed by atoms with E-state index in [0.717, 1.165) is 0 Å². The van der Waals surface area contributed by atoms with Crippen molar-refractivity contribution in [2.24, 2.45) is 0 Å². The predicted octanol–water partition coefficient (Wildman–Crippen LogP) is 2.96. The van der Waals surface area contributed by atoms with Crippen LogP contribution in [0.4, 0.5) is 5.69 Å². The topological polar surface area (TPSA) is 69.4 Å². The zero-order valence-corrected chi connectivity index (χ0v) is 11.7. The van der Waals surface area contributed by atoms with Crippen LogP contribution in [0.2, 0.25) is 0 Å². The van der Waals surface area contributed by atoms with Gasteiger partial charge < -0.3 is 10.5 Å². The Labute approximate surface area is 113 Å². The second-order valence-electron chi connectivity index (χ2n) is 5.45. The zero-order chi connectivity index (χ0) is 14.5. The molecule has 104 valence electrons. The van der Waals surface area contributed by atoms with E-state index in [1.54, 1.807) is 24.3 Å². The van der Waals surface area contributed by atoms with E-state index in [0.29, 0.717) is 24.1 Å². The molecule has 0 saturated carbocycles. The van der Waals surface area contributed by atoms with Gasteiger partial charge in [0.05, 0.1) is 0 Å². The lowest BCUT2D eigenvalue weighted by atomic mass is 10.0. The highest BCUT2D eigenvalue weighted by Crippen LogP contribution is 2.15. The highest BCUT2D eigenvalue weighted by Gasteiger charge is 2.16. The molecule has 1 aromatic carbocycles. The average Bonchev–Trinajstić information content (AvgIpc) is 2.26. The summed E-state index contributed by atoms with van der Waals surface area (Å²) in [5.74, 6) is -0.317. The number of rotatable bonds is 5. The monoisotopic (exact) mass is 263 g/mol. The van der Waals surface area contributed by atoms with Gasteiger partial charge in [-0.15, -0.1) is 0 Å². The number of carbonyl (C=O) groups is 2. The second kappa shape index (κ2) is 6.36. The van der Waals surface area contributed by atoms with Crippen LogP contribution in [0.3, 0.4) is 0 Å². The Hall–Kier alpha value is -1.84. The second-order valence-corrected chi connectivity index (χ2v) is 5.45. The van der Waals surface area contributed by atoms with Gasteiger partial charge >= 0.3 is 5.97 Å². The number of carbonyl (C=O) groups excluding carboxylic acids is 2. The quantitative estimate of drug-likeness (QED) is 0.503. The smallest absolute Gasteiger partial charge is 0.306 e.